The number of rotatable bonds is 3. The van der Waals surface area contributed by atoms with Crippen molar-refractivity contribution in [3.05, 3.63) is 35.1 Å². The molecule has 0 aliphatic carbocycles. The number of hydrogen-bond donors (Lipinski definition) is 1. The van der Waals surface area contributed by atoms with Crippen LogP contribution in [0.2, 0.25) is 0 Å². The topological polar surface area (TPSA) is 40.5 Å². The van der Waals surface area contributed by atoms with Gasteiger partial charge in [0.05, 0.1) is 11.5 Å². The highest BCUT2D eigenvalue weighted by Gasteiger charge is 2.34. The molecule has 0 bridgehead atoms. The zero-order chi connectivity index (χ0) is 15.6. The van der Waals surface area contributed by atoms with Crippen LogP contribution in [0.1, 0.15) is 24.0 Å². The maximum absolute atomic E-state index is 13.0. The highest BCUT2D eigenvalue weighted by molar-refractivity contribution is 5.70. The minimum Gasteiger partial charge on any atom is -0.481 e. The van der Waals surface area contributed by atoms with Crippen LogP contribution in [0.4, 0.5) is 17.6 Å². The number of halogens is 4. The second-order valence-electron chi connectivity index (χ2n) is 5.19. The molecule has 0 atom stereocenters. The molecule has 1 fully saturated rings. The van der Waals surface area contributed by atoms with Crippen molar-refractivity contribution in [3.63, 3.8) is 0 Å². The van der Waals surface area contributed by atoms with Gasteiger partial charge in [-0.25, -0.2) is 4.39 Å². The van der Waals surface area contributed by atoms with E-state index in [9.17, 15) is 22.4 Å². The molecule has 1 aliphatic rings. The first-order valence-corrected chi connectivity index (χ1v) is 6.58. The number of carboxylic acid groups (broad SMARTS) is 1. The van der Waals surface area contributed by atoms with E-state index in [4.69, 9.17) is 5.11 Å². The molecule has 0 saturated carbocycles. The molecule has 0 unspecified atom stereocenters. The summed E-state index contributed by atoms with van der Waals surface area (Å²) in [6.45, 7) is 0.888. The second-order valence-corrected chi connectivity index (χ2v) is 5.19. The molecular weight excluding hydrogens is 290 g/mol. The van der Waals surface area contributed by atoms with Crippen molar-refractivity contribution in [2.75, 3.05) is 13.1 Å². The fourth-order valence-electron chi connectivity index (χ4n) is 2.53. The van der Waals surface area contributed by atoms with E-state index in [1.54, 1.807) is 4.90 Å². The number of hydrogen-bond acceptors (Lipinski definition) is 2. The van der Waals surface area contributed by atoms with E-state index in [0.717, 1.165) is 12.1 Å². The van der Waals surface area contributed by atoms with Crippen molar-refractivity contribution in [3.8, 4) is 0 Å². The van der Waals surface area contributed by atoms with Crippen LogP contribution in [0.3, 0.4) is 0 Å². The molecule has 1 aromatic carbocycles. The van der Waals surface area contributed by atoms with E-state index in [2.05, 4.69) is 0 Å². The number of alkyl halides is 3. The van der Waals surface area contributed by atoms with Crippen LogP contribution >= 0.6 is 0 Å². The SMILES string of the molecule is O=C(O)C1CCN(Cc2ccc(F)cc2C(F)(F)F)CC1. The lowest BCUT2D eigenvalue weighted by Crippen LogP contribution is -2.36. The van der Waals surface area contributed by atoms with Gasteiger partial charge in [-0.15, -0.1) is 0 Å². The van der Waals surface area contributed by atoms with Gasteiger partial charge < -0.3 is 5.11 Å². The predicted octanol–water partition coefficient (Wildman–Crippen LogP) is 3.14. The summed E-state index contributed by atoms with van der Waals surface area (Å²) in [5.74, 6) is -2.22. The van der Waals surface area contributed by atoms with Crippen LogP contribution in [-0.4, -0.2) is 29.1 Å². The molecule has 0 amide bonds. The molecule has 0 aromatic heterocycles. The maximum atomic E-state index is 13.0. The van der Waals surface area contributed by atoms with E-state index < -0.39 is 29.4 Å². The van der Waals surface area contributed by atoms with Gasteiger partial charge in [0, 0.05) is 6.54 Å². The number of likely N-dealkylation sites (tertiary alicyclic amines) is 1. The van der Waals surface area contributed by atoms with Crippen LogP contribution in [0, 0.1) is 11.7 Å². The monoisotopic (exact) mass is 305 g/mol. The summed E-state index contributed by atoms with van der Waals surface area (Å²) >= 11 is 0. The van der Waals surface area contributed by atoms with Gasteiger partial charge >= 0.3 is 12.1 Å². The Morgan fingerprint density at radius 3 is 2.43 bits per heavy atom. The van der Waals surface area contributed by atoms with Crippen LogP contribution in [0.5, 0.6) is 0 Å². The first-order chi connectivity index (χ1) is 9.77. The highest BCUT2D eigenvalue weighted by Crippen LogP contribution is 2.33. The number of nitrogens with zero attached hydrogens (tertiary/aromatic N) is 1. The van der Waals surface area contributed by atoms with E-state index in [0.29, 0.717) is 32.0 Å². The van der Waals surface area contributed by atoms with Crippen molar-refractivity contribution in [2.45, 2.75) is 25.6 Å². The summed E-state index contributed by atoms with van der Waals surface area (Å²) < 4.78 is 51.7. The predicted molar refractivity (Wildman–Crippen MR) is 67.0 cm³/mol. The first-order valence-electron chi connectivity index (χ1n) is 6.58. The summed E-state index contributed by atoms with van der Waals surface area (Å²) in [6, 6.07) is 2.65. The zero-order valence-electron chi connectivity index (χ0n) is 11.2. The fraction of sp³-hybridized carbons (Fsp3) is 0.500. The molecule has 1 aliphatic heterocycles. The van der Waals surface area contributed by atoms with Crippen LogP contribution in [-0.2, 0) is 17.5 Å². The average molecular weight is 305 g/mol. The number of benzene rings is 1. The Kier molecular flexibility index (Phi) is 4.51. The molecule has 1 aromatic rings. The second kappa shape index (κ2) is 6.01. The lowest BCUT2D eigenvalue weighted by molar-refractivity contribution is -0.143. The van der Waals surface area contributed by atoms with Crippen LogP contribution in [0.15, 0.2) is 18.2 Å². The summed E-state index contributed by atoms with van der Waals surface area (Å²) in [6.07, 6.45) is -3.77. The lowest BCUT2D eigenvalue weighted by atomic mass is 9.96. The molecule has 2 rings (SSSR count). The van der Waals surface area contributed by atoms with E-state index in [1.165, 1.54) is 0 Å². The third kappa shape index (κ3) is 3.93. The average Bonchev–Trinajstić information content (AvgIpc) is 2.40. The minimum absolute atomic E-state index is 0.0117. The van der Waals surface area contributed by atoms with Crippen molar-refractivity contribution in [1.82, 2.24) is 4.90 Å². The van der Waals surface area contributed by atoms with Gasteiger partial charge in [0.1, 0.15) is 5.82 Å². The molecule has 1 heterocycles. The lowest BCUT2D eigenvalue weighted by Gasteiger charge is -2.30. The molecule has 7 heteroatoms. The number of carboxylic acids is 1. The summed E-state index contributed by atoms with van der Waals surface area (Å²) in [4.78, 5) is 12.6. The highest BCUT2D eigenvalue weighted by atomic mass is 19.4. The van der Waals surface area contributed by atoms with E-state index in [1.807, 2.05) is 0 Å². The van der Waals surface area contributed by atoms with E-state index in [-0.39, 0.29) is 12.1 Å². The van der Waals surface area contributed by atoms with Crippen LogP contribution < -0.4 is 0 Å². The Labute approximate surface area is 119 Å². The van der Waals surface area contributed by atoms with E-state index >= 15 is 0 Å². The smallest absolute Gasteiger partial charge is 0.416 e. The van der Waals surface area contributed by atoms with Gasteiger partial charge in [0.2, 0.25) is 0 Å². The maximum Gasteiger partial charge on any atom is 0.416 e. The molecule has 1 saturated heterocycles. The van der Waals surface area contributed by atoms with Gasteiger partial charge in [-0.1, -0.05) is 6.07 Å². The molecule has 0 spiro atoms. The summed E-state index contributed by atoms with van der Waals surface area (Å²) in [5, 5.41) is 8.89. The zero-order valence-corrected chi connectivity index (χ0v) is 11.2. The normalized spacial score (nSPS) is 17.9. The molecule has 0 radical (unpaired) electrons. The van der Waals surface area contributed by atoms with Gasteiger partial charge in [-0.3, -0.25) is 9.69 Å². The third-order valence-electron chi connectivity index (χ3n) is 3.71. The Morgan fingerprint density at radius 2 is 1.90 bits per heavy atom. The van der Waals surface area contributed by atoms with Crippen LogP contribution in [0.25, 0.3) is 0 Å². The van der Waals surface area contributed by atoms with Gasteiger partial charge in [0.15, 0.2) is 0 Å². The molecule has 3 nitrogen and oxygen atoms in total. The van der Waals surface area contributed by atoms with Gasteiger partial charge in [-0.2, -0.15) is 13.2 Å². The number of piperidine rings is 1. The molecule has 21 heavy (non-hydrogen) atoms. The third-order valence-corrected chi connectivity index (χ3v) is 3.71. The van der Waals surface area contributed by atoms with Crippen molar-refractivity contribution >= 4 is 5.97 Å². The Bertz CT molecular complexity index is 522. The Hall–Kier alpha value is -1.63. The van der Waals surface area contributed by atoms with Crippen molar-refractivity contribution < 1.29 is 27.5 Å². The number of carbonyl (C=O) groups is 1. The molecule has 116 valence electrons. The summed E-state index contributed by atoms with van der Waals surface area (Å²) in [5.41, 5.74) is -0.958. The van der Waals surface area contributed by atoms with Gasteiger partial charge in [0.25, 0.3) is 0 Å². The van der Waals surface area contributed by atoms with Gasteiger partial charge in [-0.05, 0) is 43.6 Å². The fourth-order valence-corrected chi connectivity index (χ4v) is 2.53. The summed E-state index contributed by atoms with van der Waals surface area (Å²) in [7, 11) is 0. The standard InChI is InChI=1S/C14H15F4NO2/c15-11-2-1-10(12(7-11)14(16,17)18)8-19-5-3-9(4-6-19)13(20)21/h1-2,7,9H,3-6,8H2,(H,20,21). The Morgan fingerprint density at radius 1 is 1.29 bits per heavy atom. The molecule has 1 N–H and O–H groups in total. The van der Waals surface area contributed by atoms with Crippen molar-refractivity contribution in [1.29, 1.82) is 0 Å². The Balaban J connectivity index is 2.09. The largest absolute Gasteiger partial charge is 0.481 e. The minimum atomic E-state index is -4.60. The van der Waals surface area contributed by atoms with Crippen molar-refractivity contribution in [2.24, 2.45) is 5.92 Å². The quantitative estimate of drug-likeness (QED) is 0.872. The number of aliphatic carboxylic acids is 1. The first kappa shape index (κ1) is 15.8. The molecular formula is C14H15F4NO2.